The molecule has 29 heavy (non-hydrogen) atoms. The summed E-state index contributed by atoms with van der Waals surface area (Å²) in [4.78, 5) is 15.8. The Morgan fingerprint density at radius 1 is 1.14 bits per heavy atom. The zero-order valence-electron chi connectivity index (χ0n) is 17.2. The zero-order valence-corrected chi connectivity index (χ0v) is 17.2. The van der Waals surface area contributed by atoms with Gasteiger partial charge in [0.25, 0.3) is 0 Å². The molecule has 0 aliphatic rings. The summed E-state index contributed by atoms with van der Waals surface area (Å²) < 4.78 is 19.3. The van der Waals surface area contributed by atoms with Crippen molar-refractivity contribution in [1.82, 2.24) is 10.6 Å². The minimum absolute atomic E-state index is 0.0229. The van der Waals surface area contributed by atoms with E-state index in [0.717, 1.165) is 17.7 Å². The van der Waals surface area contributed by atoms with Crippen LogP contribution in [0.4, 0.5) is 10.1 Å². The van der Waals surface area contributed by atoms with E-state index in [9.17, 15) is 9.18 Å². The number of para-hydroxylation sites is 1. The first-order chi connectivity index (χ1) is 14.0. The molecule has 0 aliphatic carbocycles. The summed E-state index contributed by atoms with van der Waals surface area (Å²) in [6.07, 6.45) is 1.10. The van der Waals surface area contributed by atoms with Gasteiger partial charge in [0.15, 0.2) is 17.5 Å². The van der Waals surface area contributed by atoms with E-state index in [0.29, 0.717) is 25.5 Å². The van der Waals surface area contributed by atoms with Gasteiger partial charge in [0.05, 0.1) is 6.54 Å². The summed E-state index contributed by atoms with van der Waals surface area (Å²) in [5.41, 5.74) is 1.84. The lowest BCUT2D eigenvalue weighted by atomic mass is 10.2. The maximum Gasteiger partial charge on any atom is 0.224 e. The number of rotatable bonds is 9. The number of carbonyl (C=O) groups is 1. The number of benzene rings is 2. The van der Waals surface area contributed by atoms with Gasteiger partial charge in [-0.3, -0.25) is 9.79 Å². The maximum atomic E-state index is 13.7. The summed E-state index contributed by atoms with van der Waals surface area (Å²) >= 11 is 0. The third-order valence-corrected chi connectivity index (χ3v) is 4.12. The number of anilines is 1. The minimum atomic E-state index is -0.379. The van der Waals surface area contributed by atoms with E-state index < -0.39 is 0 Å². The van der Waals surface area contributed by atoms with E-state index in [1.165, 1.54) is 6.07 Å². The molecule has 0 saturated heterocycles. The van der Waals surface area contributed by atoms with Crippen molar-refractivity contribution in [2.45, 2.75) is 39.3 Å². The van der Waals surface area contributed by atoms with Crippen molar-refractivity contribution < 1.29 is 13.9 Å². The number of hydrogen-bond acceptors (Lipinski definition) is 3. The van der Waals surface area contributed by atoms with Gasteiger partial charge in [-0.05, 0) is 43.2 Å². The fourth-order valence-electron chi connectivity index (χ4n) is 2.60. The highest BCUT2D eigenvalue weighted by atomic mass is 19.1. The van der Waals surface area contributed by atoms with Crippen molar-refractivity contribution in [3.8, 4) is 5.75 Å². The molecule has 2 aromatic rings. The Bertz CT molecular complexity index is 809. The molecule has 0 aliphatic heterocycles. The second kappa shape index (κ2) is 11.7. The highest BCUT2D eigenvalue weighted by Crippen LogP contribution is 2.16. The third-order valence-electron chi connectivity index (χ3n) is 4.12. The predicted molar refractivity (Wildman–Crippen MR) is 115 cm³/mol. The molecule has 3 N–H and O–H groups in total. The standard InChI is InChI=1S/C22H29FN4O2/c1-4-7-21(28)27-18-12-10-17(11-13-18)15-26-22(24-3)25-14-16(2)29-20-9-6-5-8-19(20)23/h5-6,8-13,16H,4,7,14-15H2,1-3H3,(H,27,28)(H2,24,25,26). The van der Waals surface area contributed by atoms with Crippen LogP contribution >= 0.6 is 0 Å². The van der Waals surface area contributed by atoms with Crippen LogP contribution in [0.1, 0.15) is 32.3 Å². The first-order valence-electron chi connectivity index (χ1n) is 9.76. The Labute approximate surface area is 171 Å². The average molecular weight is 400 g/mol. The summed E-state index contributed by atoms with van der Waals surface area (Å²) in [5.74, 6) is 0.496. The fraction of sp³-hybridized carbons (Fsp3) is 0.364. The van der Waals surface area contributed by atoms with Crippen LogP contribution in [-0.2, 0) is 11.3 Å². The maximum absolute atomic E-state index is 13.7. The molecule has 6 nitrogen and oxygen atoms in total. The van der Waals surface area contributed by atoms with E-state index >= 15 is 0 Å². The van der Waals surface area contributed by atoms with Gasteiger partial charge in [-0.25, -0.2) is 4.39 Å². The largest absolute Gasteiger partial charge is 0.486 e. The molecule has 0 radical (unpaired) electrons. The van der Waals surface area contributed by atoms with Gasteiger partial charge in [-0.15, -0.1) is 0 Å². The number of hydrogen-bond donors (Lipinski definition) is 3. The molecule has 2 rings (SSSR count). The first kappa shape index (κ1) is 22.2. The molecule has 0 aromatic heterocycles. The van der Waals surface area contributed by atoms with E-state index in [2.05, 4.69) is 20.9 Å². The smallest absolute Gasteiger partial charge is 0.224 e. The number of ether oxygens (including phenoxy) is 1. The van der Waals surface area contributed by atoms with E-state index in [4.69, 9.17) is 4.74 Å². The van der Waals surface area contributed by atoms with E-state index in [-0.39, 0.29) is 23.6 Å². The zero-order chi connectivity index (χ0) is 21.1. The van der Waals surface area contributed by atoms with Crippen molar-refractivity contribution in [1.29, 1.82) is 0 Å². The lowest BCUT2D eigenvalue weighted by Gasteiger charge is -2.18. The Morgan fingerprint density at radius 3 is 2.52 bits per heavy atom. The van der Waals surface area contributed by atoms with E-state index in [1.807, 2.05) is 38.1 Å². The van der Waals surface area contributed by atoms with Gasteiger partial charge in [-0.1, -0.05) is 31.2 Å². The molecule has 2 aromatic carbocycles. The Hall–Kier alpha value is -3.09. The Morgan fingerprint density at radius 2 is 1.86 bits per heavy atom. The summed E-state index contributed by atoms with van der Waals surface area (Å²) in [6.45, 7) is 4.88. The van der Waals surface area contributed by atoms with Crippen LogP contribution in [0, 0.1) is 5.82 Å². The summed E-state index contributed by atoms with van der Waals surface area (Å²) in [6, 6.07) is 14.0. The molecule has 7 heteroatoms. The minimum Gasteiger partial charge on any atom is -0.486 e. The molecule has 1 atom stereocenters. The van der Waals surface area contributed by atoms with Crippen LogP contribution in [0.2, 0.25) is 0 Å². The molecular weight excluding hydrogens is 371 g/mol. The number of nitrogens with zero attached hydrogens (tertiary/aromatic N) is 1. The van der Waals surface area contributed by atoms with Crippen LogP contribution in [-0.4, -0.2) is 31.6 Å². The van der Waals surface area contributed by atoms with Gasteiger partial charge in [0.1, 0.15) is 6.10 Å². The van der Waals surface area contributed by atoms with Crippen molar-refractivity contribution in [3.63, 3.8) is 0 Å². The van der Waals surface area contributed by atoms with Gasteiger partial charge < -0.3 is 20.7 Å². The van der Waals surface area contributed by atoms with Crippen molar-refractivity contribution in [3.05, 3.63) is 59.9 Å². The van der Waals surface area contributed by atoms with E-state index in [1.54, 1.807) is 25.2 Å². The Kier molecular flexibility index (Phi) is 8.95. The van der Waals surface area contributed by atoms with Crippen molar-refractivity contribution >= 4 is 17.6 Å². The SMILES string of the molecule is CCCC(=O)Nc1ccc(CNC(=NC)NCC(C)Oc2ccccc2F)cc1. The van der Waals surface area contributed by atoms with Crippen LogP contribution < -0.4 is 20.7 Å². The van der Waals surface area contributed by atoms with Crippen LogP contribution in [0.15, 0.2) is 53.5 Å². The second-order valence-electron chi connectivity index (χ2n) is 6.66. The highest BCUT2D eigenvalue weighted by molar-refractivity contribution is 5.90. The van der Waals surface area contributed by atoms with Crippen molar-refractivity contribution in [2.24, 2.45) is 4.99 Å². The number of halogens is 1. The lowest BCUT2D eigenvalue weighted by molar-refractivity contribution is -0.116. The molecule has 1 amide bonds. The number of carbonyl (C=O) groups excluding carboxylic acids is 1. The van der Waals surface area contributed by atoms with Crippen LogP contribution in [0.5, 0.6) is 5.75 Å². The van der Waals surface area contributed by atoms with Crippen LogP contribution in [0.25, 0.3) is 0 Å². The normalized spacial score (nSPS) is 12.2. The summed E-state index contributed by atoms with van der Waals surface area (Å²) in [5, 5.41) is 9.25. The summed E-state index contributed by atoms with van der Waals surface area (Å²) in [7, 11) is 1.68. The number of guanidine groups is 1. The number of amides is 1. The van der Waals surface area contributed by atoms with Crippen LogP contribution in [0.3, 0.4) is 0 Å². The topological polar surface area (TPSA) is 74.8 Å². The quantitative estimate of drug-likeness (QED) is 0.443. The molecule has 0 saturated carbocycles. The molecule has 0 heterocycles. The second-order valence-corrected chi connectivity index (χ2v) is 6.66. The van der Waals surface area contributed by atoms with Gasteiger partial charge in [-0.2, -0.15) is 0 Å². The van der Waals surface area contributed by atoms with Gasteiger partial charge >= 0.3 is 0 Å². The highest BCUT2D eigenvalue weighted by Gasteiger charge is 2.09. The molecule has 156 valence electrons. The molecular formula is C22H29FN4O2. The van der Waals surface area contributed by atoms with Gasteiger partial charge in [0, 0.05) is 25.7 Å². The third kappa shape index (κ3) is 7.81. The Balaban J connectivity index is 1.77. The monoisotopic (exact) mass is 400 g/mol. The number of nitrogens with one attached hydrogen (secondary N) is 3. The van der Waals surface area contributed by atoms with Crippen molar-refractivity contribution in [2.75, 3.05) is 18.9 Å². The van der Waals surface area contributed by atoms with Gasteiger partial charge in [0.2, 0.25) is 5.91 Å². The molecule has 0 fully saturated rings. The predicted octanol–water partition coefficient (Wildman–Crippen LogP) is 3.70. The average Bonchev–Trinajstić information content (AvgIpc) is 2.71. The molecule has 0 bridgehead atoms. The number of aliphatic imine (C=N–C) groups is 1. The first-order valence-corrected chi connectivity index (χ1v) is 9.76. The lowest BCUT2D eigenvalue weighted by Crippen LogP contribution is -2.41. The fourth-order valence-corrected chi connectivity index (χ4v) is 2.60. The molecule has 1 unspecified atom stereocenters. The molecule has 0 spiro atoms.